The van der Waals surface area contributed by atoms with Gasteiger partial charge in [0.1, 0.15) is 5.82 Å². The minimum Gasteiger partial charge on any atom is -0.481 e. The molecule has 0 aromatic carbocycles. The maximum absolute atomic E-state index is 16.4. The third-order valence-corrected chi connectivity index (χ3v) is 9.58. The smallest absolute Gasteiger partial charge is 0.407 e. The Morgan fingerprint density at radius 3 is 2.04 bits per heavy atom. The molecule has 45 heavy (non-hydrogen) atoms. The van der Waals surface area contributed by atoms with Crippen LogP contribution in [0.2, 0.25) is 0 Å². The predicted octanol–water partition coefficient (Wildman–Crippen LogP) is 7.53. The highest BCUT2D eigenvalue weighted by Crippen LogP contribution is 2.60. The van der Waals surface area contributed by atoms with E-state index in [1.807, 2.05) is 80.0 Å². The Morgan fingerprint density at radius 1 is 1.04 bits per heavy atom. The van der Waals surface area contributed by atoms with Crippen molar-refractivity contribution in [1.82, 2.24) is 19.7 Å². The number of carboxylic acid groups (broad SMARTS) is 2. The van der Waals surface area contributed by atoms with Gasteiger partial charge in [-0.3, -0.25) is 14.3 Å². The lowest BCUT2D eigenvalue weighted by molar-refractivity contribution is -0.188. The van der Waals surface area contributed by atoms with Crippen LogP contribution in [0.15, 0.2) is 12.1 Å². The summed E-state index contributed by atoms with van der Waals surface area (Å²) in [7, 11) is 0. The fourth-order valence-electron chi connectivity index (χ4n) is 7.58. The first-order chi connectivity index (χ1) is 20.3. The summed E-state index contributed by atoms with van der Waals surface area (Å²) in [6, 6.07) is 3.18. The maximum Gasteiger partial charge on any atom is 0.407 e. The topological polar surface area (TPSA) is 138 Å². The van der Waals surface area contributed by atoms with Crippen molar-refractivity contribution in [3.8, 4) is 0 Å². The average Bonchev–Trinajstić information content (AvgIpc) is 3.23. The number of hydrogen-bond donors (Lipinski definition) is 3. The summed E-state index contributed by atoms with van der Waals surface area (Å²) in [6.07, 6.45) is -1.52. The monoisotopic (exact) mass is 629 g/mol. The van der Waals surface area contributed by atoms with Crippen LogP contribution in [0.5, 0.6) is 0 Å². The number of hydrogen-bond acceptors (Lipinski definition) is 6. The Hall–Kier alpha value is -3.50. The van der Waals surface area contributed by atoms with Crippen molar-refractivity contribution >= 4 is 29.5 Å². The highest BCUT2D eigenvalue weighted by Gasteiger charge is 2.66. The van der Waals surface area contributed by atoms with E-state index in [9.17, 15) is 24.6 Å². The zero-order valence-electron chi connectivity index (χ0n) is 29.2. The molecule has 1 saturated heterocycles. The molecule has 1 aliphatic rings. The van der Waals surface area contributed by atoms with Gasteiger partial charge in [-0.1, -0.05) is 55.4 Å². The van der Waals surface area contributed by atoms with Gasteiger partial charge in [0.25, 0.3) is 0 Å². The number of carbonyl (C=O) groups excluding carboxylic acids is 1. The van der Waals surface area contributed by atoms with Crippen molar-refractivity contribution < 1.29 is 29.0 Å². The number of piperidine rings is 1. The van der Waals surface area contributed by atoms with E-state index >= 15 is 4.39 Å². The van der Waals surface area contributed by atoms with Gasteiger partial charge in [-0.15, -0.1) is 0 Å². The largest absolute Gasteiger partial charge is 0.481 e. The van der Waals surface area contributed by atoms with Crippen LogP contribution in [0.4, 0.5) is 20.8 Å². The van der Waals surface area contributed by atoms with Crippen LogP contribution in [0.3, 0.4) is 0 Å². The van der Waals surface area contributed by atoms with E-state index < -0.39 is 57.3 Å². The number of aryl methyl sites for hydroxylation is 1. The molecular formula is C34H52FN5O5. The van der Waals surface area contributed by atoms with Crippen molar-refractivity contribution in [1.29, 1.82) is 0 Å². The lowest BCUT2D eigenvalue weighted by atomic mass is 9.47. The number of pyridine rings is 1. The van der Waals surface area contributed by atoms with E-state index in [-0.39, 0.29) is 42.0 Å². The van der Waals surface area contributed by atoms with Crippen molar-refractivity contribution in [2.45, 2.75) is 114 Å². The zero-order chi connectivity index (χ0) is 34.7. The molecule has 3 heterocycles. The molecule has 0 spiro atoms. The summed E-state index contributed by atoms with van der Waals surface area (Å²) in [4.78, 5) is 45.4. The second kappa shape index (κ2) is 11.7. The van der Waals surface area contributed by atoms with E-state index in [0.29, 0.717) is 5.82 Å². The number of carbonyl (C=O) groups is 3. The molecular weight excluding hydrogens is 577 g/mol. The van der Waals surface area contributed by atoms with E-state index in [1.54, 1.807) is 20.8 Å². The van der Waals surface area contributed by atoms with Gasteiger partial charge >= 0.3 is 12.1 Å². The first-order valence-corrected chi connectivity index (χ1v) is 15.6. The number of halogens is 1. The van der Waals surface area contributed by atoms with Crippen molar-refractivity contribution in [2.75, 3.05) is 11.9 Å². The Balaban J connectivity index is 2.31. The molecule has 3 atom stereocenters. The van der Waals surface area contributed by atoms with Gasteiger partial charge in [-0.2, -0.15) is 5.10 Å². The molecule has 2 aromatic rings. The molecule has 0 saturated carbocycles. The van der Waals surface area contributed by atoms with Crippen LogP contribution < -0.4 is 5.32 Å². The number of amides is 1. The van der Waals surface area contributed by atoms with Crippen molar-refractivity contribution in [2.24, 2.45) is 28.1 Å². The van der Waals surface area contributed by atoms with Crippen LogP contribution in [0.25, 0.3) is 0 Å². The number of ketones is 1. The molecule has 1 fully saturated rings. The van der Waals surface area contributed by atoms with Gasteiger partial charge in [-0.05, 0) is 57.9 Å². The van der Waals surface area contributed by atoms with Crippen LogP contribution in [-0.2, 0) is 16.8 Å². The third-order valence-electron chi connectivity index (χ3n) is 9.58. The molecule has 250 valence electrons. The maximum atomic E-state index is 16.4. The molecule has 10 nitrogen and oxygen atoms in total. The zero-order valence-corrected chi connectivity index (χ0v) is 29.2. The Morgan fingerprint density at radius 2 is 1.62 bits per heavy atom. The van der Waals surface area contributed by atoms with Gasteiger partial charge in [-0.25, -0.2) is 14.2 Å². The summed E-state index contributed by atoms with van der Waals surface area (Å²) < 4.78 is 18.3. The number of anilines is 2. The molecule has 11 heteroatoms. The van der Waals surface area contributed by atoms with E-state index in [1.165, 1.54) is 11.0 Å². The Bertz CT molecular complexity index is 1480. The Kier molecular flexibility index (Phi) is 9.35. The van der Waals surface area contributed by atoms with E-state index in [4.69, 9.17) is 0 Å². The molecule has 2 aromatic heterocycles. The van der Waals surface area contributed by atoms with Crippen LogP contribution in [-0.4, -0.2) is 59.8 Å². The van der Waals surface area contributed by atoms with E-state index in [2.05, 4.69) is 15.4 Å². The summed E-state index contributed by atoms with van der Waals surface area (Å²) >= 11 is 0. The van der Waals surface area contributed by atoms with E-state index in [0.717, 1.165) is 5.69 Å². The lowest BCUT2D eigenvalue weighted by Crippen LogP contribution is -2.72. The predicted molar refractivity (Wildman–Crippen MR) is 173 cm³/mol. The van der Waals surface area contributed by atoms with Gasteiger partial charge < -0.3 is 20.4 Å². The highest BCUT2D eigenvalue weighted by molar-refractivity contribution is 5.98. The normalized spacial score (nSPS) is 22.9. The summed E-state index contributed by atoms with van der Waals surface area (Å²) in [5.41, 5.74) is -3.95. The minimum absolute atomic E-state index is 0.0519. The lowest BCUT2D eigenvalue weighted by Gasteiger charge is -2.64. The van der Waals surface area contributed by atoms with Crippen LogP contribution >= 0.6 is 0 Å². The number of Topliss-reactive ketones (excluding diaryl/α,β-unsaturated/α-hetero) is 1. The summed E-state index contributed by atoms with van der Waals surface area (Å²) in [5, 5.41) is 29.1. The fraction of sp³-hybridized carbons (Fsp3) is 0.676. The number of aromatic nitrogens is 3. The number of nitrogens with one attached hydrogen (secondary N) is 1. The molecule has 3 rings (SSSR count). The van der Waals surface area contributed by atoms with Gasteiger partial charge in [0.05, 0.1) is 27.8 Å². The van der Waals surface area contributed by atoms with Crippen molar-refractivity contribution in [3.63, 3.8) is 0 Å². The molecule has 1 aliphatic heterocycles. The first-order valence-electron chi connectivity index (χ1n) is 15.6. The fourth-order valence-corrected chi connectivity index (χ4v) is 7.58. The third kappa shape index (κ3) is 6.45. The van der Waals surface area contributed by atoms with Gasteiger partial charge in [0, 0.05) is 36.6 Å². The number of aliphatic carboxylic acids is 1. The molecule has 0 aliphatic carbocycles. The number of likely N-dealkylation sites (tertiary alicyclic amines) is 1. The minimum atomic E-state index is -1.61. The highest BCUT2D eigenvalue weighted by atomic mass is 19.1. The van der Waals surface area contributed by atoms with Gasteiger partial charge in [0.15, 0.2) is 17.4 Å². The second-order valence-corrected chi connectivity index (χ2v) is 16.2. The van der Waals surface area contributed by atoms with Crippen LogP contribution in [0.1, 0.15) is 111 Å². The standard InChI is InChI=1S/C34H52FN5O5/c1-19(2)26(41)21-17-23(37-24-16-20(3)40(38-24)32(10,11)12)36-22(25(21)35)18-34(28(42)43)14-15-39(29(44)45)33(13,31(7,8)9)27(34)30(4,5)6/h16-17,19,27H,14-15,18H2,1-13H3,(H,42,43)(H,44,45)(H,36,37,38)/t27?,33-,34-/m1/s1. The Labute approximate surface area is 266 Å². The van der Waals surface area contributed by atoms with Crippen molar-refractivity contribution in [3.05, 3.63) is 34.9 Å². The SMILES string of the molecule is Cc1cc(Nc2cc(C(=O)C(C)C)c(F)c(C[C@]3(C(=O)O)CCN(C(=O)O)[C@@](C)(C(C)(C)C)C3C(C)(C)C)n2)nn1C(C)(C)C. The summed E-state index contributed by atoms with van der Waals surface area (Å²) in [6.45, 7) is 24.5. The van der Waals surface area contributed by atoms with Crippen LogP contribution in [0, 0.1) is 40.8 Å². The number of nitrogens with zero attached hydrogens (tertiary/aromatic N) is 4. The number of carboxylic acids is 1. The molecule has 1 unspecified atom stereocenters. The second-order valence-electron chi connectivity index (χ2n) is 16.2. The first kappa shape index (κ1) is 36.0. The summed E-state index contributed by atoms with van der Waals surface area (Å²) in [5.74, 6) is -3.13. The molecule has 3 N–H and O–H groups in total. The molecule has 0 bridgehead atoms. The average molecular weight is 630 g/mol. The quantitative estimate of drug-likeness (QED) is 0.267. The van der Waals surface area contributed by atoms with Gasteiger partial charge in [0.2, 0.25) is 0 Å². The number of rotatable bonds is 7. The molecule has 0 radical (unpaired) electrons. The molecule has 1 amide bonds.